The van der Waals surface area contributed by atoms with E-state index in [1.54, 1.807) is 7.11 Å². The standard InChI is InChI=1S/C17H19NO/c1-12-7-8-17(19-2)14(9-12)10-16-15-6-4-3-5-13(15)11-18-16/h3-9,16,18H,10-11H2,1-2H3. The molecule has 0 saturated heterocycles. The highest BCUT2D eigenvalue weighted by Crippen LogP contribution is 2.31. The average molecular weight is 253 g/mol. The summed E-state index contributed by atoms with van der Waals surface area (Å²) < 4.78 is 5.47. The number of fused-ring (bicyclic) bond motifs is 1. The second-order valence-corrected chi connectivity index (χ2v) is 5.15. The molecule has 1 atom stereocenters. The van der Waals surface area contributed by atoms with E-state index in [4.69, 9.17) is 4.74 Å². The van der Waals surface area contributed by atoms with Crippen molar-refractivity contribution < 1.29 is 4.74 Å². The summed E-state index contributed by atoms with van der Waals surface area (Å²) >= 11 is 0. The van der Waals surface area contributed by atoms with Crippen molar-refractivity contribution in [2.75, 3.05) is 7.11 Å². The number of rotatable bonds is 3. The summed E-state index contributed by atoms with van der Waals surface area (Å²) in [6.07, 6.45) is 0.974. The van der Waals surface area contributed by atoms with Crippen molar-refractivity contribution in [2.45, 2.75) is 25.9 Å². The number of hydrogen-bond acceptors (Lipinski definition) is 2. The molecular weight excluding hydrogens is 234 g/mol. The number of hydrogen-bond donors (Lipinski definition) is 1. The molecule has 1 aliphatic rings. The maximum atomic E-state index is 5.47. The van der Waals surface area contributed by atoms with Crippen LogP contribution >= 0.6 is 0 Å². The fraction of sp³-hybridized carbons (Fsp3) is 0.294. The summed E-state index contributed by atoms with van der Waals surface area (Å²) in [4.78, 5) is 0. The molecule has 0 saturated carbocycles. The second-order valence-electron chi connectivity index (χ2n) is 5.15. The van der Waals surface area contributed by atoms with Crippen molar-refractivity contribution in [3.8, 4) is 5.75 Å². The first-order valence-electron chi connectivity index (χ1n) is 6.72. The smallest absolute Gasteiger partial charge is 0.122 e. The second kappa shape index (κ2) is 5.06. The molecule has 2 aromatic rings. The van der Waals surface area contributed by atoms with Gasteiger partial charge in [0, 0.05) is 12.6 Å². The summed E-state index contributed by atoms with van der Waals surface area (Å²) in [7, 11) is 1.74. The van der Waals surface area contributed by atoms with Gasteiger partial charge in [0.2, 0.25) is 0 Å². The van der Waals surface area contributed by atoms with Crippen molar-refractivity contribution >= 4 is 0 Å². The maximum Gasteiger partial charge on any atom is 0.122 e. The van der Waals surface area contributed by atoms with E-state index in [9.17, 15) is 0 Å². The molecule has 3 rings (SSSR count). The SMILES string of the molecule is COc1ccc(C)cc1CC1NCc2ccccc21. The molecule has 0 spiro atoms. The van der Waals surface area contributed by atoms with Gasteiger partial charge < -0.3 is 10.1 Å². The lowest BCUT2D eigenvalue weighted by atomic mass is 9.97. The zero-order chi connectivity index (χ0) is 13.2. The Hall–Kier alpha value is -1.80. The zero-order valence-corrected chi connectivity index (χ0v) is 11.4. The minimum atomic E-state index is 0.395. The molecule has 2 nitrogen and oxygen atoms in total. The van der Waals surface area contributed by atoms with Crippen LogP contribution in [0, 0.1) is 6.92 Å². The van der Waals surface area contributed by atoms with E-state index in [0.717, 1.165) is 18.7 Å². The predicted octanol–water partition coefficient (Wildman–Crippen LogP) is 3.39. The van der Waals surface area contributed by atoms with Crippen LogP contribution < -0.4 is 10.1 Å². The Morgan fingerprint density at radius 1 is 1.21 bits per heavy atom. The summed E-state index contributed by atoms with van der Waals surface area (Å²) in [6.45, 7) is 3.09. The Labute approximate surface area is 114 Å². The predicted molar refractivity (Wildman–Crippen MR) is 77.5 cm³/mol. The fourth-order valence-corrected chi connectivity index (χ4v) is 2.85. The van der Waals surface area contributed by atoms with Crippen molar-refractivity contribution in [3.05, 3.63) is 64.7 Å². The highest BCUT2D eigenvalue weighted by atomic mass is 16.5. The van der Waals surface area contributed by atoms with Crippen molar-refractivity contribution in [2.24, 2.45) is 0 Å². The lowest BCUT2D eigenvalue weighted by molar-refractivity contribution is 0.406. The van der Waals surface area contributed by atoms with Crippen molar-refractivity contribution in [1.82, 2.24) is 5.32 Å². The zero-order valence-electron chi connectivity index (χ0n) is 11.4. The van der Waals surface area contributed by atoms with E-state index in [2.05, 4.69) is 54.7 Å². The molecule has 1 heterocycles. The third kappa shape index (κ3) is 2.36. The minimum Gasteiger partial charge on any atom is -0.496 e. The van der Waals surface area contributed by atoms with Gasteiger partial charge in [-0.25, -0.2) is 0 Å². The Morgan fingerprint density at radius 3 is 2.89 bits per heavy atom. The lowest BCUT2D eigenvalue weighted by Crippen LogP contribution is -2.15. The molecule has 1 unspecified atom stereocenters. The molecule has 2 aromatic carbocycles. The van der Waals surface area contributed by atoms with Gasteiger partial charge in [-0.15, -0.1) is 0 Å². The van der Waals surface area contributed by atoms with Gasteiger partial charge in [-0.1, -0.05) is 42.0 Å². The van der Waals surface area contributed by atoms with Crippen LogP contribution in [-0.4, -0.2) is 7.11 Å². The fourth-order valence-electron chi connectivity index (χ4n) is 2.85. The molecular formula is C17H19NO. The van der Waals surface area contributed by atoms with Gasteiger partial charge >= 0.3 is 0 Å². The van der Waals surface area contributed by atoms with Crippen LogP contribution in [0.15, 0.2) is 42.5 Å². The van der Waals surface area contributed by atoms with Crippen molar-refractivity contribution in [3.63, 3.8) is 0 Å². The van der Waals surface area contributed by atoms with Gasteiger partial charge in [0.1, 0.15) is 5.75 Å². The lowest BCUT2D eigenvalue weighted by Gasteiger charge is -2.15. The van der Waals surface area contributed by atoms with Gasteiger partial charge in [-0.2, -0.15) is 0 Å². The molecule has 0 amide bonds. The van der Waals surface area contributed by atoms with Crippen LogP contribution in [0.1, 0.15) is 28.3 Å². The molecule has 1 N–H and O–H groups in total. The summed E-state index contributed by atoms with van der Waals surface area (Å²) in [5, 5.41) is 3.59. The Bertz CT molecular complexity index is 592. The first-order chi connectivity index (χ1) is 9.28. The van der Waals surface area contributed by atoms with E-state index in [-0.39, 0.29) is 0 Å². The first kappa shape index (κ1) is 12.2. The highest BCUT2D eigenvalue weighted by Gasteiger charge is 2.22. The number of aryl methyl sites for hydroxylation is 1. The van der Waals surface area contributed by atoms with Gasteiger partial charge in [0.25, 0.3) is 0 Å². The van der Waals surface area contributed by atoms with Crippen LogP contribution in [0.2, 0.25) is 0 Å². The first-order valence-corrected chi connectivity index (χ1v) is 6.72. The largest absolute Gasteiger partial charge is 0.496 e. The van der Waals surface area contributed by atoms with E-state index in [1.165, 1.54) is 22.3 Å². The van der Waals surface area contributed by atoms with E-state index in [0.29, 0.717) is 6.04 Å². The molecule has 0 aromatic heterocycles. The molecule has 0 bridgehead atoms. The molecule has 1 aliphatic heterocycles. The van der Waals surface area contributed by atoms with E-state index >= 15 is 0 Å². The van der Waals surface area contributed by atoms with Crippen molar-refractivity contribution in [1.29, 1.82) is 0 Å². The summed E-state index contributed by atoms with van der Waals surface area (Å²) in [5.41, 5.74) is 5.39. The number of methoxy groups -OCH3 is 1. The van der Waals surface area contributed by atoms with Gasteiger partial charge in [-0.05, 0) is 36.1 Å². The summed E-state index contributed by atoms with van der Waals surface area (Å²) in [6, 6.07) is 15.4. The van der Waals surface area contributed by atoms with Gasteiger partial charge in [0.05, 0.1) is 7.11 Å². The molecule has 0 fully saturated rings. The van der Waals surface area contributed by atoms with Crippen LogP contribution in [0.25, 0.3) is 0 Å². The number of nitrogens with one attached hydrogen (secondary N) is 1. The Kier molecular flexibility index (Phi) is 3.26. The van der Waals surface area contributed by atoms with E-state index in [1.807, 2.05) is 0 Å². The Balaban J connectivity index is 1.89. The average Bonchev–Trinajstić information content (AvgIpc) is 2.83. The van der Waals surface area contributed by atoms with E-state index < -0.39 is 0 Å². The minimum absolute atomic E-state index is 0.395. The number of benzene rings is 2. The Morgan fingerprint density at radius 2 is 2.05 bits per heavy atom. The third-order valence-electron chi connectivity index (χ3n) is 3.83. The van der Waals surface area contributed by atoms with Crippen LogP contribution in [0.4, 0.5) is 0 Å². The van der Waals surface area contributed by atoms with Crippen LogP contribution in [0.3, 0.4) is 0 Å². The normalized spacial score (nSPS) is 17.3. The van der Waals surface area contributed by atoms with Gasteiger partial charge in [0.15, 0.2) is 0 Å². The summed E-state index contributed by atoms with van der Waals surface area (Å²) in [5.74, 6) is 0.983. The molecule has 2 heteroatoms. The monoisotopic (exact) mass is 253 g/mol. The van der Waals surface area contributed by atoms with Crippen LogP contribution in [0.5, 0.6) is 5.75 Å². The van der Waals surface area contributed by atoms with Crippen LogP contribution in [-0.2, 0) is 13.0 Å². The molecule has 98 valence electrons. The molecule has 0 aliphatic carbocycles. The topological polar surface area (TPSA) is 21.3 Å². The highest BCUT2D eigenvalue weighted by molar-refractivity contribution is 5.40. The maximum absolute atomic E-state index is 5.47. The quantitative estimate of drug-likeness (QED) is 0.905. The molecule has 19 heavy (non-hydrogen) atoms. The van der Waals surface area contributed by atoms with Gasteiger partial charge in [-0.3, -0.25) is 0 Å². The number of ether oxygens (including phenoxy) is 1. The third-order valence-corrected chi connectivity index (χ3v) is 3.83. The molecule has 0 radical (unpaired) electrons.